The lowest BCUT2D eigenvalue weighted by atomic mass is 10.2. The predicted octanol–water partition coefficient (Wildman–Crippen LogP) is 4.36. The fraction of sp³-hybridized carbons (Fsp3) is 0.500. The lowest BCUT2D eigenvalue weighted by molar-refractivity contribution is 0.0693. The third kappa shape index (κ3) is 7.47. The summed E-state index contributed by atoms with van der Waals surface area (Å²) in [5.74, 6) is -3.63. The molecule has 2 amide bonds. The van der Waals surface area contributed by atoms with Crippen LogP contribution in [0.25, 0.3) is 0 Å². The monoisotopic (exact) mass is 532 g/mol. The lowest BCUT2D eigenvalue weighted by Gasteiger charge is -2.23. The molecule has 9 nitrogen and oxygen atoms in total. The summed E-state index contributed by atoms with van der Waals surface area (Å²) in [4.78, 5) is 26.3. The molecule has 1 aliphatic rings. The molecular formula is C22H27ClF2N4O5S. The molecular weight excluding hydrogens is 506 g/mol. The van der Waals surface area contributed by atoms with E-state index in [1.165, 1.54) is 0 Å². The maximum absolute atomic E-state index is 14.0. The van der Waals surface area contributed by atoms with Crippen LogP contribution in [0.15, 0.2) is 12.1 Å². The molecule has 192 valence electrons. The SMILES string of the molecule is COCC1CCCN1CCCCNC(=O)Nc1snc(OCc2c(F)cc(Cl)cc2F)c1C(=O)O. The van der Waals surface area contributed by atoms with Crippen LogP contribution in [0.5, 0.6) is 5.88 Å². The van der Waals surface area contributed by atoms with Crippen LogP contribution >= 0.6 is 23.1 Å². The van der Waals surface area contributed by atoms with Gasteiger partial charge in [-0.25, -0.2) is 18.4 Å². The number of methoxy groups -OCH3 is 1. The Balaban J connectivity index is 1.48. The Morgan fingerprint density at radius 3 is 2.74 bits per heavy atom. The third-order valence-electron chi connectivity index (χ3n) is 5.58. The van der Waals surface area contributed by atoms with Gasteiger partial charge in [0.05, 0.1) is 12.2 Å². The number of carbonyl (C=O) groups is 2. The van der Waals surface area contributed by atoms with E-state index in [0.717, 1.165) is 57.5 Å². The Hall–Kier alpha value is -2.54. The summed E-state index contributed by atoms with van der Waals surface area (Å²) in [5, 5.41) is 14.5. The predicted molar refractivity (Wildman–Crippen MR) is 127 cm³/mol. The second kappa shape index (κ2) is 13.0. The molecule has 3 N–H and O–H groups in total. The van der Waals surface area contributed by atoms with Gasteiger partial charge in [-0.3, -0.25) is 10.2 Å². The number of carboxylic acids is 1. The molecule has 1 atom stereocenters. The Morgan fingerprint density at radius 1 is 1.31 bits per heavy atom. The maximum Gasteiger partial charge on any atom is 0.344 e. The van der Waals surface area contributed by atoms with Gasteiger partial charge in [0.2, 0.25) is 5.88 Å². The number of benzene rings is 1. The number of hydrogen-bond donors (Lipinski definition) is 3. The van der Waals surface area contributed by atoms with Crippen LogP contribution in [0.4, 0.5) is 18.6 Å². The first-order chi connectivity index (χ1) is 16.8. The molecule has 1 aliphatic heterocycles. The number of ether oxygens (including phenoxy) is 2. The van der Waals surface area contributed by atoms with Crippen molar-refractivity contribution in [1.29, 1.82) is 0 Å². The number of nitrogens with one attached hydrogen (secondary N) is 2. The van der Waals surface area contributed by atoms with Gasteiger partial charge in [-0.15, -0.1) is 0 Å². The van der Waals surface area contributed by atoms with E-state index in [1.54, 1.807) is 7.11 Å². The zero-order chi connectivity index (χ0) is 25.4. The zero-order valence-electron chi connectivity index (χ0n) is 19.1. The minimum absolute atomic E-state index is 0.0541. The van der Waals surface area contributed by atoms with E-state index < -0.39 is 41.4 Å². The summed E-state index contributed by atoms with van der Waals surface area (Å²) in [6.07, 6.45) is 3.94. The quantitative estimate of drug-likeness (QED) is 0.348. The van der Waals surface area contributed by atoms with Crippen LogP contribution in [-0.2, 0) is 11.3 Å². The van der Waals surface area contributed by atoms with Crippen molar-refractivity contribution in [3.63, 3.8) is 0 Å². The minimum atomic E-state index is -1.41. The lowest BCUT2D eigenvalue weighted by Crippen LogP contribution is -2.34. The molecule has 1 aromatic carbocycles. The normalized spacial score (nSPS) is 15.8. The Bertz CT molecular complexity index is 1020. The van der Waals surface area contributed by atoms with Gasteiger partial charge in [0.15, 0.2) is 5.56 Å². The van der Waals surface area contributed by atoms with Crippen LogP contribution in [0.1, 0.15) is 41.6 Å². The number of carbonyl (C=O) groups excluding carboxylic acids is 1. The number of aromatic nitrogens is 1. The average molecular weight is 533 g/mol. The Morgan fingerprint density at radius 2 is 2.06 bits per heavy atom. The van der Waals surface area contributed by atoms with Gasteiger partial charge in [0.1, 0.15) is 23.2 Å². The van der Waals surface area contributed by atoms with Gasteiger partial charge in [0.25, 0.3) is 0 Å². The molecule has 0 bridgehead atoms. The number of aromatic carboxylic acids is 1. The van der Waals surface area contributed by atoms with Crippen LogP contribution in [0, 0.1) is 11.6 Å². The number of halogens is 3. The van der Waals surface area contributed by atoms with Crippen LogP contribution in [0.3, 0.4) is 0 Å². The molecule has 2 aromatic rings. The highest BCUT2D eigenvalue weighted by atomic mass is 35.5. The molecule has 13 heteroatoms. The van der Waals surface area contributed by atoms with Crippen molar-refractivity contribution in [1.82, 2.24) is 14.6 Å². The summed E-state index contributed by atoms with van der Waals surface area (Å²) < 4.78 is 42.3. The summed E-state index contributed by atoms with van der Waals surface area (Å²) in [5.41, 5.74) is -0.827. The van der Waals surface area contributed by atoms with E-state index >= 15 is 0 Å². The first kappa shape index (κ1) is 27.1. The van der Waals surface area contributed by atoms with E-state index in [9.17, 15) is 23.5 Å². The van der Waals surface area contributed by atoms with E-state index in [4.69, 9.17) is 21.1 Å². The van der Waals surface area contributed by atoms with Crippen molar-refractivity contribution in [2.45, 2.75) is 38.3 Å². The molecule has 2 heterocycles. The van der Waals surface area contributed by atoms with Crippen molar-refractivity contribution in [3.05, 3.63) is 39.9 Å². The van der Waals surface area contributed by atoms with E-state index in [-0.39, 0.29) is 15.9 Å². The number of nitrogens with zero attached hydrogens (tertiary/aromatic N) is 2. The van der Waals surface area contributed by atoms with E-state index in [0.29, 0.717) is 24.1 Å². The van der Waals surface area contributed by atoms with Gasteiger partial charge in [0, 0.05) is 24.7 Å². The second-order valence-corrected chi connectivity index (χ2v) is 9.22. The smallest absolute Gasteiger partial charge is 0.344 e. The van der Waals surface area contributed by atoms with Crippen molar-refractivity contribution in [2.24, 2.45) is 0 Å². The van der Waals surface area contributed by atoms with Crippen molar-refractivity contribution < 1.29 is 33.0 Å². The topological polar surface area (TPSA) is 113 Å². The molecule has 1 unspecified atom stereocenters. The fourth-order valence-electron chi connectivity index (χ4n) is 3.86. The second-order valence-electron chi connectivity index (χ2n) is 8.01. The highest BCUT2D eigenvalue weighted by Crippen LogP contribution is 2.31. The number of rotatable bonds is 12. The number of amides is 2. The van der Waals surface area contributed by atoms with Crippen molar-refractivity contribution in [2.75, 3.05) is 38.7 Å². The Kier molecular flexibility index (Phi) is 10.0. The van der Waals surface area contributed by atoms with E-state index in [2.05, 4.69) is 19.9 Å². The van der Waals surface area contributed by atoms with Crippen LogP contribution in [0.2, 0.25) is 5.02 Å². The fourth-order valence-corrected chi connectivity index (χ4v) is 4.77. The average Bonchev–Trinajstić information content (AvgIpc) is 3.39. The summed E-state index contributed by atoms with van der Waals surface area (Å²) in [6, 6.07) is 1.70. The number of unbranched alkanes of at least 4 members (excludes halogenated alkanes) is 1. The highest BCUT2D eigenvalue weighted by Gasteiger charge is 2.25. The van der Waals surface area contributed by atoms with Crippen molar-refractivity contribution >= 4 is 40.1 Å². The van der Waals surface area contributed by atoms with Gasteiger partial charge >= 0.3 is 12.0 Å². The summed E-state index contributed by atoms with van der Waals surface area (Å²) in [7, 11) is 1.70. The molecule has 3 rings (SSSR count). The zero-order valence-corrected chi connectivity index (χ0v) is 20.7. The van der Waals surface area contributed by atoms with Gasteiger partial charge < -0.3 is 19.9 Å². The number of carboxylic acid groups (broad SMARTS) is 1. The van der Waals surface area contributed by atoms with Gasteiger partial charge in [-0.2, -0.15) is 4.37 Å². The van der Waals surface area contributed by atoms with Crippen molar-refractivity contribution in [3.8, 4) is 5.88 Å². The largest absolute Gasteiger partial charge is 0.477 e. The number of hydrogen-bond acceptors (Lipinski definition) is 7. The molecule has 35 heavy (non-hydrogen) atoms. The molecule has 0 spiro atoms. The first-order valence-corrected chi connectivity index (χ1v) is 12.2. The minimum Gasteiger partial charge on any atom is -0.477 e. The standard InChI is InChI=1S/C22H27ClF2N4O5S/c1-33-11-14-5-4-8-29(14)7-3-2-6-26-22(32)27-20-18(21(30)31)19(28-35-20)34-12-15-16(24)9-13(23)10-17(15)25/h9-10,14H,2-8,11-12H2,1H3,(H,30,31)(H2,26,27,32). The van der Waals surface area contributed by atoms with Gasteiger partial charge in [-0.1, -0.05) is 11.6 Å². The number of likely N-dealkylation sites (tertiary alicyclic amines) is 1. The number of anilines is 1. The molecule has 0 aliphatic carbocycles. The van der Waals surface area contributed by atoms with E-state index in [1.807, 2.05) is 0 Å². The molecule has 1 saturated heterocycles. The third-order valence-corrected chi connectivity index (χ3v) is 6.54. The van der Waals surface area contributed by atoms with Crippen LogP contribution in [-0.4, -0.2) is 65.8 Å². The first-order valence-electron chi connectivity index (χ1n) is 11.1. The highest BCUT2D eigenvalue weighted by molar-refractivity contribution is 7.11. The molecule has 1 fully saturated rings. The summed E-state index contributed by atoms with van der Waals surface area (Å²) >= 11 is 6.29. The molecule has 1 aromatic heterocycles. The Labute approximate surface area is 210 Å². The molecule has 0 radical (unpaired) electrons. The number of urea groups is 1. The molecule has 0 saturated carbocycles. The van der Waals surface area contributed by atoms with Gasteiger partial charge in [-0.05, 0) is 62.4 Å². The van der Waals surface area contributed by atoms with Crippen LogP contribution < -0.4 is 15.4 Å². The maximum atomic E-state index is 14.0. The summed E-state index contributed by atoms with van der Waals surface area (Å²) in [6.45, 7) is 2.50.